The van der Waals surface area contributed by atoms with Gasteiger partial charge in [0.15, 0.2) is 0 Å². The minimum atomic E-state index is 0.621. The Bertz CT molecular complexity index is 548. The maximum Gasteiger partial charge on any atom is 0.0733 e. The zero-order valence-corrected chi connectivity index (χ0v) is 12.5. The van der Waals surface area contributed by atoms with E-state index in [0.29, 0.717) is 6.61 Å². The minimum absolute atomic E-state index is 0.621. The largest absolute Gasteiger partial charge is 0.380 e. The second kappa shape index (κ2) is 7.10. The molecule has 1 heterocycles. The molecule has 0 unspecified atom stereocenters. The van der Waals surface area contributed by atoms with Gasteiger partial charge in [0.1, 0.15) is 0 Å². The molecule has 0 amide bonds. The molecule has 0 saturated heterocycles. The first-order valence-electron chi connectivity index (χ1n) is 7.14. The third kappa shape index (κ3) is 3.39. The van der Waals surface area contributed by atoms with Crippen LogP contribution in [0.3, 0.4) is 0 Å². The van der Waals surface area contributed by atoms with Gasteiger partial charge in [0, 0.05) is 24.9 Å². The van der Waals surface area contributed by atoms with Gasteiger partial charge in [0.05, 0.1) is 24.5 Å². The molecule has 4 nitrogen and oxygen atoms in total. The Morgan fingerprint density at radius 1 is 1.25 bits per heavy atom. The summed E-state index contributed by atoms with van der Waals surface area (Å²) in [5.74, 6) is 0. The molecule has 0 aliphatic carbocycles. The molecule has 0 aliphatic heterocycles. The van der Waals surface area contributed by atoms with Crippen molar-refractivity contribution in [1.29, 1.82) is 0 Å². The molecule has 0 spiro atoms. The standard InChI is InChI=1S/C16H23N3O/c1-4-14-10-15(19(5-2)18-14)11-17-16-9-7-6-8-13(16)12-20-3/h6-10,17H,4-5,11-12H2,1-3H3. The number of benzene rings is 1. The molecule has 0 saturated carbocycles. The Balaban J connectivity index is 2.10. The number of anilines is 1. The van der Waals surface area contributed by atoms with E-state index in [1.165, 1.54) is 11.3 Å². The van der Waals surface area contributed by atoms with Gasteiger partial charge < -0.3 is 10.1 Å². The summed E-state index contributed by atoms with van der Waals surface area (Å²) < 4.78 is 7.29. The van der Waals surface area contributed by atoms with Crippen LogP contribution < -0.4 is 5.32 Å². The predicted molar refractivity (Wildman–Crippen MR) is 81.8 cm³/mol. The fraction of sp³-hybridized carbons (Fsp3) is 0.438. The summed E-state index contributed by atoms with van der Waals surface area (Å²) in [6.45, 7) is 6.55. The SMILES string of the molecule is CCc1cc(CNc2ccccc2COC)n(CC)n1. The number of aromatic nitrogens is 2. The van der Waals surface area contributed by atoms with E-state index in [-0.39, 0.29) is 0 Å². The molecule has 0 radical (unpaired) electrons. The first-order valence-corrected chi connectivity index (χ1v) is 7.14. The lowest BCUT2D eigenvalue weighted by atomic mass is 10.2. The maximum absolute atomic E-state index is 5.23. The van der Waals surface area contributed by atoms with Crippen LogP contribution in [0.1, 0.15) is 30.8 Å². The second-order valence-corrected chi connectivity index (χ2v) is 4.74. The molecular weight excluding hydrogens is 250 g/mol. The van der Waals surface area contributed by atoms with Gasteiger partial charge in [-0.15, -0.1) is 0 Å². The number of methoxy groups -OCH3 is 1. The van der Waals surface area contributed by atoms with Crippen LogP contribution in [0.4, 0.5) is 5.69 Å². The van der Waals surface area contributed by atoms with E-state index in [1.807, 2.05) is 12.1 Å². The van der Waals surface area contributed by atoms with Crippen molar-refractivity contribution in [2.24, 2.45) is 0 Å². The van der Waals surface area contributed by atoms with Crippen molar-refractivity contribution in [3.63, 3.8) is 0 Å². The molecule has 108 valence electrons. The molecule has 0 bridgehead atoms. The summed E-state index contributed by atoms with van der Waals surface area (Å²) in [6, 6.07) is 10.4. The summed E-state index contributed by atoms with van der Waals surface area (Å²) in [4.78, 5) is 0. The van der Waals surface area contributed by atoms with Crippen molar-refractivity contribution in [1.82, 2.24) is 9.78 Å². The fourth-order valence-corrected chi connectivity index (χ4v) is 2.26. The van der Waals surface area contributed by atoms with Crippen LogP contribution >= 0.6 is 0 Å². The van der Waals surface area contributed by atoms with Gasteiger partial charge in [0.25, 0.3) is 0 Å². The second-order valence-electron chi connectivity index (χ2n) is 4.74. The molecule has 4 heteroatoms. The lowest BCUT2D eigenvalue weighted by Crippen LogP contribution is -2.09. The summed E-state index contributed by atoms with van der Waals surface area (Å²) in [6.07, 6.45) is 0.972. The third-order valence-electron chi connectivity index (χ3n) is 3.35. The first kappa shape index (κ1) is 14.6. The number of hydrogen-bond acceptors (Lipinski definition) is 3. The van der Waals surface area contributed by atoms with E-state index in [2.05, 4.69) is 47.1 Å². The summed E-state index contributed by atoms with van der Waals surface area (Å²) in [5, 5.41) is 8.06. The van der Waals surface area contributed by atoms with E-state index >= 15 is 0 Å². The van der Waals surface area contributed by atoms with Gasteiger partial charge in [-0.25, -0.2) is 0 Å². The predicted octanol–water partition coefficient (Wildman–Crippen LogP) is 3.22. The van der Waals surface area contributed by atoms with E-state index in [9.17, 15) is 0 Å². The third-order valence-corrected chi connectivity index (χ3v) is 3.35. The maximum atomic E-state index is 5.23. The molecule has 0 aliphatic rings. The Morgan fingerprint density at radius 3 is 2.75 bits per heavy atom. The van der Waals surface area contributed by atoms with Crippen LogP contribution in [-0.2, 0) is 30.9 Å². The molecular formula is C16H23N3O. The van der Waals surface area contributed by atoms with Crippen LogP contribution in [-0.4, -0.2) is 16.9 Å². The van der Waals surface area contributed by atoms with E-state index < -0.39 is 0 Å². The Kier molecular flexibility index (Phi) is 5.18. The van der Waals surface area contributed by atoms with Crippen molar-refractivity contribution < 1.29 is 4.74 Å². The zero-order valence-electron chi connectivity index (χ0n) is 12.5. The molecule has 1 N–H and O–H groups in total. The highest BCUT2D eigenvalue weighted by atomic mass is 16.5. The van der Waals surface area contributed by atoms with Crippen molar-refractivity contribution in [2.75, 3.05) is 12.4 Å². The van der Waals surface area contributed by atoms with Crippen LogP contribution in [0.2, 0.25) is 0 Å². The molecule has 0 atom stereocenters. The Hall–Kier alpha value is -1.81. The normalized spacial score (nSPS) is 10.8. The van der Waals surface area contributed by atoms with Crippen LogP contribution in [0, 0.1) is 0 Å². The van der Waals surface area contributed by atoms with Gasteiger partial charge in [0.2, 0.25) is 0 Å². The molecule has 1 aromatic carbocycles. The average molecular weight is 273 g/mol. The highest BCUT2D eigenvalue weighted by molar-refractivity contribution is 5.50. The van der Waals surface area contributed by atoms with Crippen LogP contribution in [0.25, 0.3) is 0 Å². The first-order chi connectivity index (χ1) is 9.78. The van der Waals surface area contributed by atoms with Crippen molar-refractivity contribution in [2.45, 2.75) is 40.0 Å². The molecule has 2 aromatic rings. The van der Waals surface area contributed by atoms with Gasteiger partial charge in [-0.1, -0.05) is 25.1 Å². The quantitative estimate of drug-likeness (QED) is 0.842. The number of nitrogens with one attached hydrogen (secondary N) is 1. The van der Waals surface area contributed by atoms with E-state index in [1.54, 1.807) is 7.11 Å². The lowest BCUT2D eigenvalue weighted by molar-refractivity contribution is 0.185. The van der Waals surface area contributed by atoms with Gasteiger partial charge in [-0.05, 0) is 25.5 Å². The average Bonchev–Trinajstić information content (AvgIpc) is 2.89. The van der Waals surface area contributed by atoms with E-state index in [0.717, 1.165) is 30.9 Å². The van der Waals surface area contributed by atoms with Gasteiger partial charge >= 0.3 is 0 Å². The molecule has 0 fully saturated rings. The summed E-state index contributed by atoms with van der Waals surface area (Å²) >= 11 is 0. The Labute approximate surface area is 120 Å². The Morgan fingerprint density at radius 2 is 2.05 bits per heavy atom. The lowest BCUT2D eigenvalue weighted by Gasteiger charge is -2.12. The van der Waals surface area contributed by atoms with Gasteiger partial charge in [-0.2, -0.15) is 5.10 Å². The minimum Gasteiger partial charge on any atom is -0.380 e. The number of para-hydroxylation sites is 1. The number of ether oxygens (including phenoxy) is 1. The topological polar surface area (TPSA) is 39.1 Å². The summed E-state index contributed by atoms with van der Waals surface area (Å²) in [7, 11) is 1.72. The number of nitrogens with zero attached hydrogens (tertiary/aromatic N) is 2. The highest BCUT2D eigenvalue weighted by Gasteiger charge is 2.06. The smallest absolute Gasteiger partial charge is 0.0733 e. The highest BCUT2D eigenvalue weighted by Crippen LogP contribution is 2.17. The zero-order chi connectivity index (χ0) is 14.4. The van der Waals surface area contributed by atoms with Crippen molar-refractivity contribution in [3.8, 4) is 0 Å². The molecule has 2 rings (SSSR count). The van der Waals surface area contributed by atoms with Crippen LogP contribution in [0.5, 0.6) is 0 Å². The number of aryl methyl sites for hydroxylation is 2. The number of rotatable bonds is 7. The van der Waals surface area contributed by atoms with Crippen molar-refractivity contribution >= 4 is 5.69 Å². The van der Waals surface area contributed by atoms with Gasteiger partial charge in [-0.3, -0.25) is 4.68 Å². The summed E-state index contributed by atoms with van der Waals surface area (Å²) in [5.41, 5.74) is 4.66. The monoisotopic (exact) mass is 273 g/mol. The molecule has 1 aromatic heterocycles. The number of hydrogen-bond donors (Lipinski definition) is 1. The molecule has 20 heavy (non-hydrogen) atoms. The fourth-order valence-electron chi connectivity index (χ4n) is 2.26. The van der Waals surface area contributed by atoms with Crippen LogP contribution in [0.15, 0.2) is 30.3 Å². The van der Waals surface area contributed by atoms with E-state index in [4.69, 9.17) is 4.74 Å². The van der Waals surface area contributed by atoms with Crippen molar-refractivity contribution in [3.05, 3.63) is 47.3 Å².